The smallest absolute Gasteiger partial charge is 0.246 e. The number of aliphatic hydroxyl groups excluding tert-OH is 1. The highest BCUT2D eigenvalue weighted by atomic mass is 32.1. The number of thiazole rings is 1. The van der Waals surface area contributed by atoms with Crippen molar-refractivity contribution < 1.29 is 43.5 Å². The summed E-state index contributed by atoms with van der Waals surface area (Å²) in [5.74, 6) is 1.69. The Hall–Kier alpha value is -3.92. The van der Waals surface area contributed by atoms with E-state index in [2.05, 4.69) is 28.6 Å². The zero-order chi connectivity index (χ0) is 46.8. The Morgan fingerprint density at radius 1 is 0.924 bits per heavy atom. The number of aromatic hydroxyl groups is 1. The van der Waals surface area contributed by atoms with Crippen molar-refractivity contribution in [3.8, 4) is 16.2 Å². The van der Waals surface area contributed by atoms with Gasteiger partial charge in [-0.05, 0) is 134 Å². The fourth-order valence-electron chi connectivity index (χ4n) is 11.4. The van der Waals surface area contributed by atoms with Crippen LogP contribution >= 0.6 is 11.3 Å². The molecule has 1 saturated heterocycles. The summed E-state index contributed by atoms with van der Waals surface area (Å²) in [7, 11) is 0. The lowest BCUT2D eigenvalue weighted by Crippen LogP contribution is -2.58. The number of hydrogen-bond acceptors (Lipinski definition) is 11. The number of fused-ring (bicyclic) bond motifs is 5. The summed E-state index contributed by atoms with van der Waals surface area (Å²) in [5.41, 5.74) is 7.04. The summed E-state index contributed by atoms with van der Waals surface area (Å²) in [6.45, 7) is 13.6. The Morgan fingerprint density at radius 2 is 1.64 bits per heavy atom. The fraction of sp³-hybridized carbons (Fsp3) is 0.654. The van der Waals surface area contributed by atoms with Gasteiger partial charge < -0.3 is 44.7 Å². The predicted molar refractivity (Wildman–Crippen MR) is 255 cm³/mol. The molecule has 66 heavy (non-hydrogen) atoms. The summed E-state index contributed by atoms with van der Waals surface area (Å²) < 4.78 is 22.8. The molecule has 8 atom stereocenters. The third-order valence-corrected chi connectivity index (χ3v) is 16.0. The second-order valence-corrected chi connectivity index (χ2v) is 21.3. The van der Waals surface area contributed by atoms with Gasteiger partial charge in [0.25, 0.3) is 0 Å². The van der Waals surface area contributed by atoms with Gasteiger partial charge >= 0.3 is 0 Å². The zero-order valence-corrected chi connectivity index (χ0v) is 40.7. The van der Waals surface area contributed by atoms with E-state index in [1.54, 1.807) is 16.2 Å². The number of phenols is 1. The molecule has 2 aromatic carbocycles. The van der Waals surface area contributed by atoms with E-state index in [0.717, 1.165) is 73.1 Å². The number of amides is 3. The Bertz CT molecular complexity index is 2070. The number of aryl methyl sites for hydroxylation is 1. The number of benzene rings is 2. The van der Waals surface area contributed by atoms with E-state index in [1.165, 1.54) is 11.1 Å². The number of aromatic nitrogens is 1. The molecule has 4 N–H and O–H groups in total. The van der Waals surface area contributed by atoms with Crippen LogP contribution in [0.1, 0.15) is 114 Å². The number of nitrogens with one attached hydrogen (secondary N) is 2. The summed E-state index contributed by atoms with van der Waals surface area (Å²) in [4.78, 5) is 47.3. The lowest BCUT2D eigenvalue weighted by atomic mass is 9.52. The van der Waals surface area contributed by atoms with Gasteiger partial charge in [-0.25, -0.2) is 4.98 Å². The van der Waals surface area contributed by atoms with Crippen molar-refractivity contribution in [2.75, 3.05) is 59.4 Å². The Balaban J connectivity index is 0.725. The first-order chi connectivity index (χ1) is 31.7. The number of phenolic OH excluding ortho intramolecular Hbond substituents is 1. The number of rotatable bonds is 22. The normalized spacial score (nSPS) is 25.2. The minimum atomic E-state index is -0.830. The molecule has 3 aromatic rings. The van der Waals surface area contributed by atoms with Crippen molar-refractivity contribution in [2.45, 2.75) is 129 Å². The number of likely N-dealkylation sites (tertiary alicyclic amines) is 1. The van der Waals surface area contributed by atoms with Crippen molar-refractivity contribution >= 4 is 29.1 Å². The van der Waals surface area contributed by atoms with E-state index in [-0.39, 0.29) is 36.5 Å². The van der Waals surface area contributed by atoms with E-state index in [4.69, 9.17) is 18.9 Å². The van der Waals surface area contributed by atoms with Gasteiger partial charge in [0, 0.05) is 19.7 Å². The van der Waals surface area contributed by atoms with Crippen molar-refractivity contribution in [1.82, 2.24) is 20.5 Å². The van der Waals surface area contributed by atoms with Gasteiger partial charge in [0.2, 0.25) is 17.7 Å². The molecule has 7 unspecified atom stereocenters. The molecule has 1 aromatic heterocycles. The standard InChI is InChI=1S/C52H74N4O9S/c1-34-47(66-33-54-34)36-13-11-35(12-14-36)31-53-49(60)43-10-8-21-56(43)50(61)48(51(2,3)4)55-45(59)32-65-28-27-64-26-25-63-24-23-62-22-7-6-9-37-29-38-30-39(57)15-16-40(38)41-19-20-52(5)42(46(37)41)17-18-44(52)58/h11-16,30,33,37,41-44,46,48,57-58H,6-10,17-29,31-32H2,1-5H3,(H,53,60)(H,55,59)/t37-,41?,42?,43?,44?,46?,48?,52?/m1/s1. The first kappa shape index (κ1) is 50.0. The molecule has 3 fully saturated rings. The highest BCUT2D eigenvalue weighted by molar-refractivity contribution is 7.13. The lowest BCUT2D eigenvalue weighted by molar-refractivity contribution is -0.144. The SMILES string of the molecule is Cc1ncsc1-c1ccc(CNC(=O)C2CCCN2C(=O)C(NC(=O)COCCOCCOCCOCCCC[C@@H]2Cc3cc(O)ccc3C3CCC4(C)C(O)CCC4C32)C(C)(C)C)cc1. The molecule has 3 amide bonds. The molecule has 0 bridgehead atoms. The van der Waals surface area contributed by atoms with Gasteiger partial charge in [0.15, 0.2) is 0 Å². The van der Waals surface area contributed by atoms with E-state index in [9.17, 15) is 24.6 Å². The van der Waals surface area contributed by atoms with Crippen molar-refractivity contribution in [2.24, 2.45) is 28.6 Å². The number of ether oxygens (including phenoxy) is 4. The van der Waals surface area contributed by atoms with Crippen LogP contribution in [0, 0.1) is 35.5 Å². The van der Waals surface area contributed by atoms with Crippen LogP contribution in [0.3, 0.4) is 0 Å². The molecular weight excluding hydrogens is 857 g/mol. The molecule has 2 heterocycles. The van der Waals surface area contributed by atoms with E-state index < -0.39 is 23.4 Å². The Morgan fingerprint density at radius 3 is 2.33 bits per heavy atom. The van der Waals surface area contributed by atoms with Gasteiger partial charge in [0.05, 0.1) is 61.8 Å². The molecule has 0 spiro atoms. The first-order valence-corrected chi connectivity index (χ1v) is 25.3. The molecule has 7 rings (SSSR count). The molecule has 0 radical (unpaired) electrons. The van der Waals surface area contributed by atoms with Crippen molar-refractivity contribution in [3.05, 3.63) is 70.4 Å². The first-order valence-electron chi connectivity index (χ1n) is 24.4. The summed E-state index contributed by atoms with van der Waals surface area (Å²) in [6.07, 6.45) is 9.52. The minimum Gasteiger partial charge on any atom is -0.508 e. The van der Waals surface area contributed by atoms with E-state index in [1.807, 2.05) is 69.6 Å². The van der Waals surface area contributed by atoms with Gasteiger partial charge in [-0.3, -0.25) is 14.4 Å². The maximum atomic E-state index is 13.9. The minimum absolute atomic E-state index is 0.0236. The van der Waals surface area contributed by atoms with Crippen LogP contribution in [-0.4, -0.2) is 115 Å². The average molecular weight is 931 g/mol. The van der Waals surface area contributed by atoms with Gasteiger partial charge in [-0.1, -0.05) is 64.4 Å². The molecule has 362 valence electrons. The van der Waals surface area contributed by atoms with Gasteiger partial charge in [0.1, 0.15) is 24.4 Å². The van der Waals surface area contributed by atoms with Crippen molar-refractivity contribution in [1.29, 1.82) is 0 Å². The number of aliphatic hydroxyl groups is 1. The Kier molecular flexibility index (Phi) is 17.4. The topological polar surface area (TPSA) is 169 Å². The van der Waals surface area contributed by atoms with Crippen LogP contribution in [0.25, 0.3) is 10.4 Å². The van der Waals surface area contributed by atoms with E-state index in [0.29, 0.717) is 95.0 Å². The number of carbonyl (C=O) groups is 3. The monoisotopic (exact) mass is 931 g/mol. The summed E-state index contributed by atoms with van der Waals surface area (Å²) >= 11 is 1.60. The molecule has 1 aliphatic heterocycles. The molecule has 4 aliphatic rings. The van der Waals surface area contributed by atoms with Crippen LogP contribution in [0.15, 0.2) is 48.0 Å². The van der Waals surface area contributed by atoms with Crippen LogP contribution in [0.4, 0.5) is 0 Å². The molecule has 2 saturated carbocycles. The third kappa shape index (κ3) is 12.2. The van der Waals surface area contributed by atoms with Crippen LogP contribution in [0.5, 0.6) is 5.75 Å². The second kappa shape index (κ2) is 22.9. The zero-order valence-electron chi connectivity index (χ0n) is 39.9. The molecular formula is C52H74N4O9S. The number of hydrogen-bond donors (Lipinski definition) is 4. The second-order valence-electron chi connectivity index (χ2n) is 20.4. The average Bonchev–Trinajstić information content (AvgIpc) is 4.04. The predicted octanol–water partition coefficient (Wildman–Crippen LogP) is 7.34. The fourth-order valence-corrected chi connectivity index (χ4v) is 12.3. The van der Waals surface area contributed by atoms with E-state index >= 15 is 0 Å². The highest BCUT2D eigenvalue weighted by Crippen LogP contribution is 2.62. The largest absolute Gasteiger partial charge is 0.508 e. The Labute approximate surface area is 395 Å². The van der Waals surface area contributed by atoms with Crippen molar-refractivity contribution in [3.63, 3.8) is 0 Å². The molecule has 13 nitrogen and oxygen atoms in total. The number of unbranched alkanes of at least 4 members (excludes halogenated alkanes) is 1. The molecule has 3 aliphatic carbocycles. The van der Waals surface area contributed by atoms with Gasteiger partial charge in [-0.15, -0.1) is 11.3 Å². The number of nitrogens with zero attached hydrogens (tertiary/aromatic N) is 2. The number of carbonyl (C=O) groups excluding carboxylic acids is 3. The van der Waals surface area contributed by atoms with Crippen LogP contribution in [0.2, 0.25) is 0 Å². The lowest BCUT2D eigenvalue weighted by Gasteiger charge is -2.53. The maximum absolute atomic E-state index is 13.9. The third-order valence-electron chi connectivity index (χ3n) is 15.0. The van der Waals surface area contributed by atoms with Crippen LogP contribution in [-0.2, 0) is 46.3 Å². The van der Waals surface area contributed by atoms with Gasteiger partial charge in [-0.2, -0.15) is 0 Å². The van der Waals surface area contributed by atoms with Crippen LogP contribution < -0.4 is 10.6 Å². The maximum Gasteiger partial charge on any atom is 0.246 e. The quantitative estimate of drug-likeness (QED) is 0.0749. The highest BCUT2D eigenvalue weighted by Gasteiger charge is 2.56. The summed E-state index contributed by atoms with van der Waals surface area (Å²) in [6, 6.07) is 12.6. The molecule has 14 heteroatoms. The summed E-state index contributed by atoms with van der Waals surface area (Å²) in [5, 5.41) is 27.1.